The molecule has 1 aromatic carbocycles. The lowest BCUT2D eigenvalue weighted by molar-refractivity contribution is -0.433. The molecule has 5 N–H and O–H groups in total. The number of nitrogens with zero attached hydrogens (tertiary/aromatic N) is 3. The summed E-state index contributed by atoms with van der Waals surface area (Å²) < 4.78 is 0. The molecule has 1 saturated heterocycles. The van der Waals surface area contributed by atoms with Crippen LogP contribution in [0.15, 0.2) is 41.3 Å². The Balaban J connectivity index is 0.838. The number of aromatic amines is 1. The maximum atomic E-state index is 13.6. The lowest BCUT2D eigenvalue weighted by Crippen LogP contribution is -2.85. The lowest BCUT2D eigenvalue weighted by Gasteiger charge is -2.92. The molecular weight excluding hydrogens is 689 g/mol. The van der Waals surface area contributed by atoms with Gasteiger partial charge in [0.1, 0.15) is 5.82 Å². The molecule has 5 aliphatic rings. The molecule has 3 heterocycles. The Morgan fingerprint density at radius 3 is 2.36 bits per heavy atom. The van der Waals surface area contributed by atoms with E-state index in [-0.39, 0.29) is 35.9 Å². The Hall–Kier alpha value is -4.51. The van der Waals surface area contributed by atoms with E-state index in [0.717, 1.165) is 90.5 Å². The molecule has 11 nitrogen and oxygen atoms in total. The van der Waals surface area contributed by atoms with Crippen LogP contribution in [0, 0.1) is 53.8 Å². The summed E-state index contributed by atoms with van der Waals surface area (Å²) in [6.07, 6.45) is 11.2. The molecule has 0 bridgehead atoms. The number of carbonyl (C=O) groups excluding carboxylic acids is 2. The second-order valence-electron chi connectivity index (χ2n) is 17.7. The number of nitrogens with one attached hydrogen (secondary N) is 5. The second kappa shape index (κ2) is 14.5. The van der Waals surface area contributed by atoms with E-state index >= 15 is 0 Å². The van der Waals surface area contributed by atoms with E-state index in [0.29, 0.717) is 34.3 Å². The Labute approximate surface area is 325 Å². The van der Waals surface area contributed by atoms with Crippen LogP contribution in [0.25, 0.3) is 11.1 Å². The third-order valence-electron chi connectivity index (χ3n) is 14.3. The van der Waals surface area contributed by atoms with Gasteiger partial charge in [-0.2, -0.15) is 0 Å². The second-order valence-corrected chi connectivity index (χ2v) is 17.7. The number of anilines is 2. The average Bonchev–Trinajstić information content (AvgIpc) is 3.12. The molecule has 8 rings (SSSR count). The molecule has 2 amide bonds. The Morgan fingerprint density at radius 1 is 1.00 bits per heavy atom. The van der Waals surface area contributed by atoms with Crippen LogP contribution in [-0.2, 0) is 11.3 Å². The summed E-state index contributed by atoms with van der Waals surface area (Å²) in [5.74, 6) is 3.95. The first-order valence-corrected chi connectivity index (χ1v) is 20.6. The van der Waals surface area contributed by atoms with Gasteiger partial charge in [-0.1, -0.05) is 6.92 Å². The predicted octanol–water partition coefficient (Wildman–Crippen LogP) is 5.89. The molecule has 1 aliphatic heterocycles. The van der Waals surface area contributed by atoms with E-state index in [2.05, 4.69) is 37.7 Å². The minimum absolute atomic E-state index is 0.0775. The molecule has 0 radical (unpaired) electrons. The molecule has 2 aromatic heterocycles. The zero-order valence-corrected chi connectivity index (χ0v) is 33.2. The Kier molecular flexibility index (Phi) is 9.88. The first kappa shape index (κ1) is 37.4. The van der Waals surface area contributed by atoms with Gasteiger partial charge in [0.15, 0.2) is 0 Å². The normalized spacial score (nSPS) is 26.7. The van der Waals surface area contributed by atoms with Gasteiger partial charge in [-0.3, -0.25) is 19.3 Å². The predicted molar refractivity (Wildman–Crippen MR) is 218 cm³/mol. The minimum Gasteiger partial charge on any atom is -0.382 e. The quantitative estimate of drug-likeness (QED) is 0.122. The van der Waals surface area contributed by atoms with Crippen molar-refractivity contribution in [3.8, 4) is 11.1 Å². The van der Waals surface area contributed by atoms with Gasteiger partial charge in [0.25, 0.3) is 11.5 Å². The topological polar surface area (TPSA) is 146 Å². The Morgan fingerprint density at radius 2 is 1.75 bits per heavy atom. The van der Waals surface area contributed by atoms with E-state index in [1.165, 1.54) is 38.3 Å². The van der Waals surface area contributed by atoms with Gasteiger partial charge in [0, 0.05) is 98.3 Å². The van der Waals surface area contributed by atoms with Gasteiger partial charge in [-0.05, 0) is 136 Å². The molecule has 3 aromatic rings. The fourth-order valence-electron chi connectivity index (χ4n) is 11.6. The van der Waals surface area contributed by atoms with Crippen LogP contribution in [0.1, 0.15) is 92.0 Å². The van der Waals surface area contributed by atoms with Crippen molar-refractivity contribution < 1.29 is 9.59 Å². The number of piperazine rings is 1. The summed E-state index contributed by atoms with van der Waals surface area (Å²) >= 11 is 0. The standard InChI is InChI=1S/C44H58N8O3/c1-26(2)49-38-18-31(17-35(36(38)23-45)41(54)48-25-37-28(4)16-29(5)50-42(37)55)30-6-7-39(47-24-30)52-14-12-51(13-15-52)11-10-46-40(53)27(3)8-9-43-21-33-19-32-20-34(22-43)44(32,33)43/h6-7,16-18,23-24,26-27,32-34,45,49H,8-15,19-22,25H2,1-5H3,(H,46,53)(H,48,54)(H,50,55). The van der Waals surface area contributed by atoms with Crippen molar-refractivity contribution in [1.82, 2.24) is 25.5 Å². The summed E-state index contributed by atoms with van der Waals surface area (Å²) in [4.78, 5) is 51.6. The van der Waals surface area contributed by atoms with Crippen molar-refractivity contribution in [2.24, 2.45) is 34.5 Å². The maximum absolute atomic E-state index is 13.6. The highest BCUT2D eigenvalue weighted by atomic mass is 16.2. The van der Waals surface area contributed by atoms with Gasteiger partial charge in [0.2, 0.25) is 5.91 Å². The third kappa shape index (κ3) is 6.46. The van der Waals surface area contributed by atoms with E-state index in [4.69, 9.17) is 10.4 Å². The SMILES string of the molecule is Cc1cc(C)c(CNC(=O)c2cc(-c3ccc(N4CCN(CCNC(=O)C(C)CCC56CC7CC8CC(C5)C876)CC4)nc3)cc(NC(C)C)c2C=N)c(=O)[nH]1. The molecule has 4 saturated carbocycles. The van der Waals surface area contributed by atoms with Crippen LogP contribution >= 0.6 is 0 Å². The number of hydrogen-bond donors (Lipinski definition) is 5. The number of pyridine rings is 2. The van der Waals surface area contributed by atoms with Crippen molar-refractivity contribution in [1.29, 1.82) is 5.41 Å². The summed E-state index contributed by atoms with van der Waals surface area (Å²) in [7, 11) is 0. The number of rotatable bonds is 15. The zero-order chi connectivity index (χ0) is 38.6. The van der Waals surface area contributed by atoms with Crippen molar-refractivity contribution in [3.63, 3.8) is 0 Å². The van der Waals surface area contributed by atoms with E-state index in [1.54, 1.807) is 6.07 Å². The van der Waals surface area contributed by atoms with Crippen LogP contribution in [0.2, 0.25) is 0 Å². The summed E-state index contributed by atoms with van der Waals surface area (Å²) in [6, 6.07) is 9.79. The van der Waals surface area contributed by atoms with Gasteiger partial charge < -0.3 is 31.2 Å². The van der Waals surface area contributed by atoms with Crippen molar-refractivity contribution in [2.75, 3.05) is 49.5 Å². The first-order valence-electron chi connectivity index (χ1n) is 20.6. The highest BCUT2D eigenvalue weighted by Gasteiger charge is 2.86. The molecule has 4 aliphatic carbocycles. The van der Waals surface area contributed by atoms with E-state index in [9.17, 15) is 14.4 Å². The molecule has 3 atom stereocenters. The number of amides is 2. The molecule has 292 valence electrons. The van der Waals surface area contributed by atoms with Gasteiger partial charge in [0.05, 0.1) is 5.56 Å². The third-order valence-corrected chi connectivity index (χ3v) is 14.3. The van der Waals surface area contributed by atoms with Crippen LogP contribution in [0.5, 0.6) is 0 Å². The molecule has 1 spiro atoms. The van der Waals surface area contributed by atoms with E-state index < -0.39 is 0 Å². The minimum atomic E-state index is -0.360. The number of benzene rings is 1. The van der Waals surface area contributed by atoms with Crippen LogP contribution < -0.4 is 26.4 Å². The fourth-order valence-corrected chi connectivity index (χ4v) is 11.6. The van der Waals surface area contributed by atoms with Crippen molar-refractivity contribution in [3.05, 3.63) is 74.8 Å². The van der Waals surface area contributed by atoms with Gasteiger partial charge >= 0.3 is 0 Å². The van der Waals surface area contributed by atoms with Crippen LogP contribution in [-0.4, -0.2) is 78.2 Å². The van der Waals surface area contributed by atoms with Gasteiger partial charge in [-0.15, -0.1) is 0 Å². The molecule has 11 heteroatoms. The fraction of sp³-hybridized carbons (Fsp3) is 0.568. The maximum Gasteiger partial charge on any atom is 0.253 e. The van der Waals surface area contributed by atoms with Crippen molar-refractivity contribution >= 4 is 29.5 Å². The summed E-state index contributed by atoms with van der Waals surface area (Å²) in [6.45, 7) is 15.0. The highest BCUT2D eigenvalue weighted by Crippen LogP contribution is 2.93. The summed E-state index contributed by atoms with van der Waals surface area (Å²) in [5.41, 5.74) is 6.43. The number of hydrogen-bond acceptors (Lipinski definition) is 8. The summed E-state index contributed by atoms with van der Waals surface area (Å²) in [5, 5.41) is 17.7. The number of H-pyrrole nitrogens is 1. The molecule has 55 heavy (non-hydrogen) atoms. The molecule has 5 fully saturated rings. The van der Waals surface area contributed by atoms with Gasteiger partial charge in [-0.25, -0.2) is 4.98 Å². The molecule has 3 unspecified atom stereocenters. The average molecular weight is 747 g/mol. The number of carbonyl (C=O) groups is 2. The van der Waals surface area contributed by atoms with Crippen molar-refractivity contribution in [2.45, 2.75) is 85.7 Å². The van der Waals surface area contributed by atoms with Crippen LogP contribution in [0.4, 0.5) is 11.5 Å². The largest absolute Gasteiger partial charge is 0.382 e. The first-order chi connectivity index (χ1) is 26.4. The van der Waals surface area contributed by atoms with Crippen LogP contribution in [0.3, 0.4) is 0 Å². The lowest BCUT2D eigenvalue weighted by atomic mass is 9.13. The monoisotopic (exact) mass is 746 g/mol. The number of aromatic nitrogens is 2. The highest BCUT2D eigenvalue weighted by molar-refractivity contribution is 6.06. The van der Waals surface area contributed by atoms with E-state index in [1.807, 2.05) is 58.2 Å². The zero-order valence-electron chi connectivity index (χ0n) is 33.2. The Bertz CT molecular complexity index is 2010. The number of aryl methyl sites for hydroxylation is 2. The smallest absolute Gasteiger partial charge is 0.253 e. The molecular formula is C44H58N8O3.